The first kappa shape index (κ1) is 10.1. The molecule has 1 unspecified atom stereocenters. The molecular weight excluding hydrogens is 196 g/mol. The van der Waals surface area contributed by atoms with E-state index in [0.717, 1.165) is 13.2 Å². The maximum absolute atomic E-state index is 5.90. The van der Waals surface area contributed by atoms with Crippen molar-refractivity contribution in [3.63, 3.8) is 0 Å². The van der Waals surface area contributed by atoms with Gasteiger partial charge in [0.15, 0.2) is 0 Å². The normalized spacial score (nSPS) is 29.3. The van der Waals surface area contributed by atoms with Gasteiger partial charge in [-0.05, 0) is 18.5 Å². The number of nitrogens with zero attached hydrogens (tertiary/aromatic N) is 1. The molecule has 2 N–H and O–H groups in total. The Morgan fingerprint density at radius 2 is 2.57 bits per heavy atom. The number of rotatable bonds is 2. The summed E-state index contributed by atoms with van der Waals surface area (Å²) in [6.07, 6.45) is 0. The number of ether oxygens (including phenoxy) is 1. The number of likely N-dealkylation sites (N-methyl/N-ethyl adjacent to an activating group) is 1. The van der Waals surface area contributed by atoms with Gasteiger partial charge < -0.3 is 10.5 Å². The maximum Gasteiger partial charge on any atom is 0.0912 e. The van der Waals surface area contributed by atoms with Gasteiger partial charge >= 0.3 is 0 Å². The maximum atomic E-state index is 5.90. The van der Waals surface area contributed by atoms with E-state index in [9.17, 15) is 0 Å². The molecule has 78 valence electrons. The molecule has 1 aliphatic heterocycles. The highest BCUT2D eigenvalue weighted by Gasteiger charge is 2.38. The lowest BCUT2D eigenvalue weighted by Gasteiger charge is -2.43. The lowest BCUT2D eigenvalue weighted by Crippen LogP contribution is -2.56. The molecule has 1 aromatic rings. The van der Waals surface area contributed by atoms with Gasteiger partial charge in [-0.2, -0.15) is 0 Å². The monoisotopic (exact) mass is 212 g/mol. The molecule has 0 spiro atoms. The minimum Gasteiger partial charge on any atom is -0.378 e. The summed E-state index contributed by atoms with van der Waals surface area (Å²) < 4.78 is 5.56. The largest absolute Gasteiger partial charge is 0.378 e. The smallest absolute Gasteiger partial charge is 0.0912 e. The van der Waals surface area contributed by atoms with Gasteiger partial charge in [-0.3, -0.25) is 4.90 Å². The van der Waals surface area contributed by atoms with Crippen LogP contribution in [0.2, 0.25) is 0 Å². The summed E-state index contributed by atoms with van der Waals surface area (Å²) in [5.41, 5.74) is 5.81. The summed E-state index contributed by atoms with van der Waals surface area (Å²) in [4.78, 5) is 3.62. The molecule has 0 aliphatic carbocycles. The second-order valence-electron chi connectivity index (χ2n) is 3.69. The second-order valence-corrected chi connectivity index (χ2v) is 4.63. The first-order valence-electron chi connectivity index (χ1n) is 4.82. The summed E-state index contributed by atoms with van der Waals surface area (Å²) >= 11 is 1.75. The topological polar surface area (TPSA) is 38.5 Å². The van der Waals surface area contributed by atoms with Crippen molar-refractivity contribution >= 4 is 11.3 Å². The first-order valence-corrected chi connectivity index (χ1v) is 5.70. The summed E-state index contributed by atoms with van der Waals surface area (Å²) in [6, 6.07) is 4.21. The molecule has 0 radical (unpaired) electrons. The van der Waals surface area contributed by atoms with Gasteiger partial charge in [-0.15, -0.1) is 11.3 Å². The molecule has 2 heterocycles. The molecule has 1 atom stereocenters. The third-order valence-corrected chi connectivity index (χ3v) is 4.02. The van der Waals surface area contributed by atoms with E-state index in [1.807, 2.05) is 0 Å². The average molecular weight is 212 g/mol. The van der Waals surface area contributed by atoms with Crippen molar-refractivity contribution in [1.82, 2.24) is 4.90 Å². The molecule has 14 heavy (non-hydrogen) atoms. The highest BCUT2D eigenvalue weighted by atomic mass is 32.1. The summed E-state index contributed by atoms with van der Waals surface area (Å²) in [5.74, 6) is 0. The predicted molar refractivity (Wildman–Crippen MR) is 58.5 cm³/mol. The fourth-order valence-corrected chi connectivity index (χ4v) is 2.86. The van der Waals surface area contributed by atoms with Gasteiger partial charge in [0.1, 0.15) is 0 Å². The number of hydrogen-bond acceptors (Lipinski definition) is 4. The fraction of sp³-hybridized carbons (Fsp3) is 0.600. The number of nitrogens with two attached hydrogens (primary N) is 1. The van der Waals surface area contributed by atoms with E-state index >= 15 is 0 Å². The highest BCUT2D eigenvalue weighted by Crippen LogP contribution is 2.32. The van der Waals surface area contributed by atoms with E-state index in [1.54, 1.807) is 11.3 Å². The first-order chi connectivity index (χ1) is 6.79. The van der Waals surface area contributed by atoms with Crippen LogP contribution < -0.4 is 5.73 Å². The fourth-order valence-electron chi connectivity index (χ4n) is 1.88. The Balaban J connectivity index is 2.32. The van der Waals surface area contributed by atoms with Crippen molar-refractivity contribution in [2.75, 3.05) is 33.4 Å². The van der Waals surface area contributed by atoms with Crippen LogP contribution in [0.25, 0.3) is 0 Å². The van der Waals surface area contributed by atoms with Crippen LogP contribution in [0.1, 0.15) is 4.88 Å². The minimum absolute atomic E-state index is 0.0909. The van der Waals surface area contributed by atoms with E-state index in [0.29, 0.717) is 13.2 Å². The minimum atomic E-state index is -0.0909. The van der Waals surface area contributed by atoms with Crippen LogP contribution in [0.4, 0.5) is 0 Å². The molecule has 0 bridgehead atoms. The Hall–Kier alpha value is -0.420. The van der Waals surface area contributed by atoms with E-state index in [2.05, 4.69) is 29.5 Å². The van der Waals surface area contributed by atoms with Crippen molar-refractivity contribution in [2.24, 2.45) is 5.73 Å². The van der Waals surface area contributed by atoms with Crippen LogP contribution in [0.15, 0.2) is 17.5 Å². The molecule has 3 nitrogen and oxygen atoms in total. The van der Waals surface area contributed by atoms with Crippen molar-refractivity contribution in [2.45, 2.75) is 5.54 Å². The third-order valence-electron chi connectivity index (χ3n) is 2.96. The zero-order chi connectivity index (χ0) is 10.0. The quantitative estimate of drug-likeness (QED) is 0.790. The molecular formula is C10H16N2OS. The summed E-state index contributed by atoms with van der Waals surface area (Å²) in [6.45, 7) is 3.09. The molecule has 0 saturated carbocycles. The molecule has 1 fully saturated rings. The van der Waals surface area contributed by atoms with Crippen LogP contribution in [-0.2, 0) is 10.3 Å². The van der Waals surface area contributed by atoms with Crippen LogP contribution in [0.3, 0.4) is 0 Å². The van der Waals surface area contributed by atoms with Gasteiger partial charge in [0.2, 0.25) is 0 Å². The van der Waals surface area contributed by atoms with Crippen LogP contribution in [-0.4, -0.2) is 38.3 Å². The number of thiophene rings is 1. The van der Waals surface area contributed by atoms with Gasteiger partial charge in [-0.1, -0.05) is 6.07 Å². The van der Waals surface area contributed by atoms with Crippen LogP contribution in [0, 0.1) is 0 Å². The van der Waals surface area contributed by atoms with Crippen molar-refractivity contribution < 1.29 is 4.74 Å². The molecule has 1 saturated heterocycles. The van der Waals surface area contributed by atoms with E-state index < -0.39 is 0 Å². The van der Waals surface area contributed by atoms with Gasteiger partial charge in [0, 0.05) is 18.0 Å². The SMILES string of the molecule is CN1CCOCC1(CN)c1cccs1. The molecule has 1 aliphatic rings. The second kappa shape index (κ2) is 3.98. The van der Waals surface area contributed by atoms with Crippen molar-refractivity contribution in [3.05, 3.63) is 22.4 Å². The predicted octanol–water partition coefficient (Wildman–Crippen LogP) is 0.864. The Morgan fingerprint density at radius 3 is 3.14 bits per heavy atom. The molecule has 0 amide bonds. The Morgan fingerprint density at radius 1 is 1.71 bits per heavy atom. The summed E-state index contributed by atoms with van der Waals surface area (Å²) in [7, 11) is 2.12. The average Bonchev–Trinajstić information content (AvgIpc) is 2.72. The Bertz CT molecular complexity index is 288. The lowest BCUT2D eigenvalue weighted by atomic mass is 9.95. The van der Waals surface area contributed by atoms with Gasteiger partial charge in [0.05, 0.1) is 18.8 Å². The molecule has 2 rings (SSSR count). The van der Waals surface area contributed by atoms with Crippen molar-refractivity contribution in [3.8, 4) is 0 Å². The zero-order valence-corrected chi connectivity index (χ0v) is 9.22. The van der Waals surface area contributed by atoms with Crippen molar-refractivity contribution in [1.29, 1.82) is 0 Å². The Labute approximate surface area is 88.5 Å². The van der Waals surface area contributed by atoms with E-state index in [-0.39, 0.29) is 5.54 Å². The molecule has 0 aromatic carbocycles. The standard InChI is InChI=1S/C10H16N2OS/c1-12-4-5-13-8-10(12,7-11)9-3-2-6-14-9/h2-3,6H,4-5,7-8,11H2,1H3. The van der Waals surface area contributed by atoms with Crippen LogP contribution >= 0.6 is 11.3 Å². The number of hydrogen-bond donors (Lipinski definition) is 1. The van der Waals surface area contributed by atoms with E-state index in [4.69, 9.17) is 10.5 Å². The molecule has 4 heteroatoms. The lowest BCUT2D eigenvalue weighted by molar-refractivity contribution is -0.0531. The Kier molecular flexibility index (Phi) is 2.88. The number of morpholine rings is 1. The molecule has 1 aromatic heterocycles. The third kappa shape index (κ3) is 1.48. The van der Waals surface area contributed by atoms with Crippen LogP contribution in [0.5, 0.6) is 0 Å². The highest BCUT2D eigenvalue weighted by molar-refractivity contribution is 7.10. The van der Waals surface area contributed by atoms with E-state index in [1.165, 1.54) is 4.88 Å². The zero-order valence-electron chi connectivity index (χ0n) is 8.40. The van der Waals surface area contributed by atoms with Gasteiger partial charge in [0.25, 0.3) is 0 Å². The van der Waals surface area contributed by atoms with Gasteiger partial charge in [-0.25, -0.2) is 0 Å². The summed E-state index contributed by atoms with van der Waals surface area (Å²) in [5, 5.41) is 2.09.